The van der Waals surface area contributed by atoms with E-state index in [1.165, 1.54) is 5.57 Å². The molecule has 3 aliphatic heterocycles. The zero-order chi connectivity index (χ0) is 57.6. The first-order chi connectivity index (χ1) is 36.3. The van der Waals surface area contributed by atoms with Gasteiger partial charge in [-0.05, 0) is 109 Å². The van der Waals surface area contributed by atoms with Crippen molar-refractivity contribution in [3.05, 3.63) is 11.6 Å². The highest BCUT2D eigenvalue weighted by molar-refractivity contribution is 5.79. The highest BCUT2D eigenvalue weighted by Crippen LogP contribution is 2.76. The third-order valence-corrected chi connectivity index (χ3v) is 20.4. The molecule has 0 bridgehead atoms. The fourth-order valence-electron chi connectivity index (χ4n) is 15.8. The maximum Gasteiger partial charge on any atom is 0.337 e. The van der Waals surface area contributed by atoms with Crippen LogP contribution in [0.15, 0.2) is 11.6 Å². The SMILES string of the molecule is CC1(C)CC[C@]2(C(=O)O[C@@H]3O[C@H](CO)[C@@H](O)[C@H](O)[C@H]3O)CC[C@]3(C)C(=CC[C@@H]4[C@@]5(C)CC[C@H](O[C@@H]6O[C@H](C(=O)O)[C@@H](O)[C@H](O[C@@H](OCC(=O)O)C(O)C(=O)O)[C@H]6O[C@@H]6O[C@H](CO)[C@@H](O)[C@H](O)[C@H]6O)C(C)(C)[C@@H]5CC[C@]43C)[C@@H]2C1. The van der Waals surface area contributed by atoms with Crippen molar-refractivity contribution in [3.8, 4) is 0 Å². The van der Waals surface area contributed by atoms with E-state index in [9.17, 15) is 85.6 Å². The van der Waals surface area contributed by atoms with Gasteiger partial charge in [0.15, 0.2) is 25.0 Å². The average molecular weight is 1120 g/mol. The van der Waals surface area contributed by atoms with Crippen LogP contribution in [-0.4, -0.2) is 221 Å². The molecule has 0 radical (unpaired) electrons. The monoisotopic (exact) mass is 1120 g/mol. The summed E-state index contributed by atoms with van der Waals surface area (Å²) in [4.78, 5) is 51.2. The van der Waals surface area contributed by atoms with E-state index in [-0.39, 0.29) is 34.0 Å². The van der Waals surface area contributed by atoms with Gasteiger partial charge >= 0.3 is 23.9 Å². The molecule has 0 aromatic rings. The number of aliphatic hydroxyl groups excluding tert-OH is 10. The molecule has 5 aliphatic carbocycles. The lowest BCUT2D eigenvalue weighted by Crippen LogP contribution is -2.68. The van der Waals surface area contributed by atoms with Crippen LogP contribution in [0.1, 0.15) is 113 Å². The third kappa shape index (κ3) is 10.4. The molecule has 4 saturated carbocycles. The first-order valence-corrected chi connectivity index (χ1v) is 27.1. The molecule has 1 unspecified atom stereocenters. The predicted octanol–water partition coefficient (Wildman–Crippen LogP) is -0.870. The number of aliphatic carboxylic acids is 3. The minimum absolute atomic E-state index is 0.0778. The van der Waals surface area contributed by atoms with Crippen LogP contribution in [0.3, 0.4) is 0 Å². The summed E-state index contributed by atoms with van der Waals surface area (Å²) in [7, 11) is 0. The van der Waals surface area contributed by atoms with Crippen molar-refractivity contribution in [2.45, 2.75) is 223 Å². The molecule has 3 saturated heterocycles. The Morgan fingerprint density at radius 3 is 1.86 bits per heavy atom. The Kier molecular flexibility index (Phi) is 17.4. The zero-order valence-electron chi connectivity index (χ0n) is 45.1. The van der Waals surface area contributed by atoms with Crippen molar-refractivity contribution in [1.29, 1.82) is 0 Å². The van der Waals surface area contributed by atoms with Crippen LogP contribution in [0, 0.1) is 50.2 Å². The largest absolute Gasteiger partial charge is 0.480 e. The molecule has 25 heteroatoms. The molecule has 444 valence electrons. The summed E-state index contributed by atoms with van der Waals surface area (Å²) >= 11 is 0. The van der Waals surface area contributed by atoms with Crippen LogP contribution < -0.4 is 0 Å². The molecule has 7 fully saturated rings. The molecule has 0 amide bonds. The van der Waals surface area contributed by atoms with Crippen molar-refractivity contribution in [3.63, 3.8) is 0 Å². The summed E-state index contributed by atoms with van der Waals surface area (Å²) in [6.07, 6.45) is -25.4. The number of hydrogen-bond donors (Lipinski definition) is 13. The first kappa shape index (κ1) is 61.0. The Morgan fingerprint density at radius 2 is 1.27 bits per heavy atom. The minimum Gasteiger partial charge on any atom is -0.480 e. The molecule has 0 aromatic heterocycles. The molecular formula is C53H82O25. The number of carboxylic acid groups (broad SMARTS) is 3. The number of esters is 1. The molecular weight excluding hydrogens is 1040 g/mol. The number of aliphatic hydroxyl groups is 10. The third-order valence-electron chi connectivity index (χ3n) is 20.4. The topological polar surface area (TPSA) is 405 Å². The van der Waals surface area contributed by atoms with E-state index < -0.39 is 171 Å². The van der Waals surface area contributed by atoms with Gasteiger partial charge in [-0.2, -0.15) is 0 Å². The Hall–Kier alpha value is -3.06. The van der Waals surface area contributed by atoms with Gasteiger partial charge in [0.1, 0.15) is 73.8 Å². The molecule has 8 rings (SSSR count). The van der Waals surface area contributed by atoms with Gasteiger partial charge in [0, 0.05) is 0 Å². The highest BCUT2D eigenvalue weighted by atomic mass is 16.8. The normalized spacial score (nSPS) is 47.6. The Balaban J connectivity index is 1.09. The number of ether oxygens (including phenoxy) is 8. The van der Waals surface area contributed by atoms with E-state index in [0.29, 0.717) is 51.4 Å². The van der Waals surface area contributed by atoms with Gasteiger partial charge in [0.25, 0.3) is 0 Å². The number of carbonyl (C=O) groups is 4. The van der Waals surface area contributed by atoms with E-state index in [4.69, 9.17) is 37.9 Å². The van der Waals surface area contributed by atoms with Crippen molar-refractivity contribution in [2.24, 2.45) is 50.2 Å². The second-order valence-corrected chi connectivity index (χ2v) is 25.5. The molecule has 13 N–H and O–H groups in total. The molecule has 25 nitrogen and oxygen atoms in total. The number of carboxylic acids is 3. The number of carbonyl (C=O) groups excluding carboxylic acids is 1. The Labute approximate surface area is 451 Å². The highest BCUT2D eigenvalue weighted by Gasteiger charge is 2.70. The molecule has 3 heterocycles. The lowest BCUT2D eigenvalue weighted by molar-refractivity contribution is -0.387. The fraction of sp³-hybridized carbons (Fsp3) is 0.887. The van der Waals surface area contributed by atoms with E-state index in [1.807, 2.05) is 13.8 Å². The predicted molar refractivity (Wildman–Crippen MR) is 261 cm³/mol. The van der Waals surface area contributed by atoms with Crippen molar-refractivity contribution in [2.75, 3.05) is 19.8 Å². The molecule has 8 aliphatic rings. The summed E-state index contributed by atoms with van der Waals surface area (Å²) in [5, 5.41) is 136. The van der Waals surface area contributed by atoms with Gasteiger partial charge < -0.3 is 104 Å². The number of hydrogen-bond acceptors (Lipinski definition) is 22. The zero-order valence-corrected chi connectivity index (χ0v) is 45.1. The van der Waals surface area contributed by atoms with Crippen LogP contribution in [-0.2, 0) is 57.1 Å². The van der Waals surface area contributed by atoms with Gasteiger partial charge in [-0.25, -0.2) is 14.4 Å². The van der Waals surface area contributed by atoms with Gasteiger partial charge in [-0.3, -0.25) is 4.79 Å². The Morgan fingerprint density at radius 1 is 0.667 bits per heavy atom. The van der Waals surface area contributed by atoms with Crippen LogP contribution >= 0.6 is 0 Å². The maximum absolute atomic E-state index is 14.8. The van der Waals surface area contributed by atoms with Crippen molar-refractivity contribution >= 4 is 23.9 Å². The lowest BCUT2D eigenvalue weighted by atomic mass is 9.33. The lowest BCUT2D eigenvalue weighted by Gasteiger charge is -2.71. The van der Waals surface area contributed by atoms with Crippen LogP contribution in [0.2, 0.25) is 0 Å². The van der Waals surface area contributed by atoms with Crippen LogP contribution in [0.4, 0.5) is 0 Å². The maximum atomic E-state index is 14.8. The van der Waals surface area contributed by atoms with Crippen LogP contribution in [0.25, 0.3) is 0 Å². The second kappa shape index (κ2) is 22.3. The Bertz CT molecular complexity index is 2240. The standard InChI is InChI=1S/C53H82O25/c1-48(2)14-16-53(47(70)78-45-35(63)33(61)31(59)25(20-55)73-45)17-15-51(6)22(23(53)18-48)8-9-27-50(5)12-11-28(49(3,4)26(50)10-13-52(27,51)7)74-46-40(77-44-34(62)32(60)30(58)24(19-54)72-44)38(36(64)39(76-46)42(68)69)75-43(37(65)41(66)67)71-21-29(56)57/h8,23-28,30-40,43-46,54-55,58-65H,9-21H2,1-7H3,(H,56,57)(H,66,67)(H,68,69)/t23-,24+,25+,26-,27+,28-,30+,31+,32-,33-,34+,35+,36-,37?,38-,39-,40+,43+,44-,45-,46+,50-,51+,52+,53-/m0/s1. The summed E-state index contributed by atoms with van der Waals surface area (Å²) in [5.74, 6) is -6.13. The average Bonchev–Trinajstić information content (AvgIpc) is 3.35. The second-order valence-electron chi connectivity index (χ2n) is 25.5. The van der Waals surface area contributed by atoms with Crippen LogP contribution in [0.5, 0.6) is 0 Å². The van der Waals surface area contributed by atoms with Gasteiger partial charge in [-0.1, -0.05) is 60.1 Å². The molecule has 0 spiro atoms. The number of fused-ring (bicyclic) bond motifs is 7. The smallest absolute Gasteiger partial charge is 0.337 e. The quantitative estimate of drug-likeness (QED) is 0.0387. The number of rotatable bonds is 16. The van der Waals surface area contributed by atoms with E-state index >= 15 is 0 Å². The van der Waals surface area contributed by atoms with Crippen molar-refractivity contribution in [1.82, 2.24) is 0 Å². The molecule has 25 atom stereocenters. The molecule has 0 aromatic carbocycles. The van der Waals surface area contributed by atoms with Crippen molar-refractivity contribution < 1.29 is 123 Å². The van der Waals surface area contributed by atoms with E-state index in [2.05, 4.69) is 40.7 Å². The summed E-state index contributed by atoms with van der Waals surface area (Å²) in [5.41, 5.74) is -1.80. The summed E-state index contributed by atoms with van der Waals surface area (Å²) < 4.78 is 47.0. The van der Waals surface area contributed by atoms with Gasteiger partial charge in [0.05, 0.1) is 24.7 Å². The van der Waals surface area contributed by atoms with E-state index in [1.54, 1.807) is 0 Å². The number of allylic oxidation sites excluding steroid dienone is 2. The van der Waals surface area contributed by atoms with E-state index in [0.717, 1.165) is 12.8 Å². The minimum atomic E-state index is -2.62. The summed E-state index contributed by atoms with van der Waals surface area (Å²) in [6, 6.07) is 0. The summed E-state index contributed by atoms with van der Waals surface area (Å²) in [6.45, 7) is 12.5. The van der Waals surface area contributed by atoms with Gasteiger partial charge in [-0.15, -0.1) is 0 Å². The molecule has 78 heavy (non-hydrogen) atoms. The fourth-order valence-corrected chi connectivity index (χ4v) is 15.8. The van der Waals surface area contributed by atoms with Gasteiger partial charge in [0.2, 0.25) is 12.4 Å². The first-order valence-electron chi connectivity index (χ1n) is 27.1.